The van der Waals surface area contributed by atoms with Crippen molar-refractivity contribution in [1.29, 1.82) is 0 Å². The molecule has 1 aliphatic heterocycles. The monoisotopic (exact) mass is 387 g/mol. The molecular formula is C22H30ClN3O. The molecule has 4 nitrogen and oxygen atoms in total. The van der Waals surface area contributed by atoms with Gasteiger partial charge in [0.15, 0.2) is 0 Å². The van der Waals surface area contributed by atoms with Gasteiger partial charge in [-0.25, -0.2) is 0 Å². The summed E-state index contributed by atoms with van der Waals surface area (Å²) >= 11 is 0. The van der Waals surface area contributed by atoms with Crippen LogP contribution in [0.4, 0.5) is 0 Å². The minimum absolute atomic E-state index is 0. The fourth-order valence-corrected chi connectivity index (χ4v) is 3.57. The zero-order valence-electron chi connectivity index (χ0n) is 16.0. The number of hydrogen-bond acceptors (Lipinski definition) is 3. The van der Waals surface area contributed by atoms with Gasteiger partial charge in [-0.05, 0) is 55.1 Å². The Bertz CT molecular complexity index is 733. The number of nitrogens with one attached hydrogen (secondary N) is 1. The molecular weight excluding hydrogens is 358 g/mol. The normalized spacial score (nSPS) is 17.2. The molecule has 3 rings (SSSR count). The fourth-order valence-electron chi connectivity index (χ4n) is 3.57. The van der Waals surface area contributed by atoms with E-state index in [2.05, 4.69) is 35.3 Å². The van der Waals surface area contributed by atoms with Crippen LogP contribution in [0.2, 0.25) is 0 Å². The van der Waals surface area contributed by atoms with Crippen molar-refractivity contribution < 1.29 is 4.79 Å². The number of piperidine rings is 1. The lowest BCUT2D eigenvalue weighted by Crippen LogP contribution is -2.37. The third kappa shape index (κ3) is 5.80. The van der Waals surface area contributed by atoms with Crippen molar-refractivity contribution in [3.8, 4) is 0 Å². The molecule has 1 fully saturated rings. The van der Waals surface area contributed by atoms with Crippen LogP contribution in [0.5, 0.6) is 0 Å². The van der Waals surface area contributed by atoms with E-state index in [1.807, 2.05) is 30.3 Å². The van der Waals surface area contributed by atoms with Gasteiger partial charge in [-0.2, -0.15) is 0 Å². The molecule has 1 amide bonds. The van der Waals surface area contributed by atoms with Crippen LogP contribution in [0.15, 0.2) is 48.5 Å². The number of nitrogens with two attached hydrogens (primary N) is 1. The summed E-state index contributed by atoms with van der Waals surface area (Å²) in [6, 6.07) is 16.5. The molecule has 1 atom stereocenters. The molecule has 0 saturated carbocycles. The first-order valence-electron chi connectivity index (χ1n) is 9.55. The van der Waals surface area contributed by atoms with Gasteiger partial charge in [0.05, 0.1) is 0 Å². The van der Waals surface area contributed by atoms with E-state index in [1.165, 1.54) is 30.4 Å². The van der Waals surface area contributed by atoms with Crippen molar-refractivity contribution in [2.45, 2.75) is 51.9 Å². The van der Waals surface area contributed by atoms with E-state index in [4.69, 9.17) is 5.73 Å². The van der Waals surface area contributed by atoms with Gasteiger partial charge < -0.3 is 11.1 Å². The lowest BCUT2D eigenvalue weighted by molar-refractivity contribution is 0.0950. The average molecular weight is 388 g/mol. The number of carbonyl (C=O) groups is 1. The molecule has 1 aliphatic rings. The van der Waals surface area contributed by atoms with Crippen molar-refractivity contribution in [2.24, 2.45) is 5.73 Å². The highest BCUT2D eigenvalue weighted by atomic mass is 35.5. The summed E-state index contributed by atoms with van der Waals surface area (Å²) in [6.07, 6.45) is 3.89. The molecule has 0 aliphatic carbocycles. The predicted octanol–water partition coefficient (Wildman–Crippen LogP) is 3.87. The number of halogens is 1. The number of nitrogens with zero attached hydrogens (tertiary/aromatic N) is 1. The van der Waals surface area contributed by atoms with E-state index in [0.717, 1.165) is 18.7 Å². The molecule has 146 valence electrons. The maximum atomic E-state index is 12.4. The summed E-state index contributed by atoms with van der Waals surface area (Å²) in [4.78, 5) is 15.0. The maximum Gasteiger partial charge on any atom is 0.251 e. The van der Waals surface area contributed by atoms with Gasteiger partial charge in [0.1, 0.15) is 0 Å². The largest absolute Gasteiger partial charge is 0.348 e. The fraction of sp³-hybridized carbons (Fsp3) is 0.409. The number of hydrogen-bond donors (Lipinski definition) is 2. The molecule has 27 heavy (non-hydrogen) atoms. The second-order valence-corrected chi connectivity index (χ2v) is 7.17. The van der Waals surface area contributed by atoms with Gasteiger partial charge in [0, 0.05) is 31.2 Å². The second-order valence-electron chi connectivity index (χ2n) is 7.17. The van der Waals surface area contributed by atoms with E-state index in [1.54, 1.807) is 0 Å². The van der Waals surface area contributed by atoms with Gasteiger partial charge in [-0.15, -0.1) is 12.4 Å². The summed E-state index contributed by atoms with van der Waals surface area (Å²) in [6.45, 7) is 5.47. The van der Waals surface area contributed by atoms with Gasteiger partial charge in [0.2, 0.25) is 0 Å². The number of amides is 1. The zero-order chi connectivity index (χ0) is 18.4. The summed E-state index contributed by atoms with van der Waals surface area (Å²) in [5.41, 5.74) is 9.81. The lowest BCUT2D eigenvalue weighted by atomic mass is 10.0. The summed E-state index contributed by atoms with van der Waals surface area (Å²) in [5, 5.41) is 3.05. The molecule has 0 aromatic heterocycles. The van der Waals surface area contributed by atoms with Crippen LogP contribution in [0.1, 0.15) is 53.2 Å². The number of likely N-dealkylation sites (tertiary alicyclic amines) is 1. The number of carbonyl (C=O) groups excluding carboxylic acids is 1. The van der Waals surface area contributed by atoms with E-state index in [0.29, 0.717) is 24.7 Å². The summed E-state index contributed by atoms with van der Waals surface area (Å²) in [5.74, 6) is -0.0466. The van der Waals surface area contributed by atoms with Crippen LogP contribution >= 0.6 is 12.4 Å². The quantitative estimate of drug-likeness (QED) is 0.790. The smallest absolute Gasteiger partial charge is 0.251 e. The standard InChI is InChI=1S/C22H29N3O.ClH/c1-17-6-4-5-13-25(17)16-21-8-3-2-7-20(21)15-24-22(26)19-11-9-18(14-23)10-12-19;/h2-3,7-12,17H,4-6,13-16,23H2,1H3,(H,24,26);1H. The molecule has 1 unspecified atom stereocenters. The van der Waals surface area contributed by atoms with Gasteiger partial charge in [-0.1, -0.05) is 42.8 Å². The molecule has 0 spiro atoms. The first-order valence-corrected chi connectivity index (χ1v) is 9.55. The van der Waals surface area contributed by atoms with Crippen molar-refractivity contribution in [1.82, 2.24) is 10.2 Å². The SMILES string of the molecule is CC1CCCCN1Cc1ccccc1CNC(=O)c1ccc(CN)cc1.Cl. The molecule has 2 aromatic rings. The molecule has 2 aromatic carbocycles. The van der Waals surface area contributed by atoms with Crippen molar-refractivity contribution in [2.75, 3.05) is 6.54 Å². The molecule has 1 saturated heterocycles. The Labute approximate surface area is 168 Å². The average Bonchev–Trinajstić information content (AvgIpc) is 2.69. The van der Waals surface area contributed by atoms with Gasteiger partial charge in [0.25, 0.3) is 5.91 Å². The van der Waals surface area contributed by atoms with Crippen molar-refractivity contribution >= 4 is 18.3 Å². The van der Waals surface area contributed by atoms with Crippen LogP contribution in [-0.2, 0) is 19.6 Å². The predicted molar refractivity (Wildman–Crippen MR) is 113 cm³/mol. The highest BCUT2D eigenvalue weighted by Crippen LogP contribution is 2.21. The lowest BCUT2D eigenvalue weighted by Gasteiger charge is -2.33. The van der Waals surface area contributed by atoms with Crippen LogP contribution in [0.25, 0.3) is 0 Å². The van der Waals surface area contributed by atoms with E-state index >= 15 is 0 Å². The Morgan fingerprint density at radius 2 is 1.81 bits per heavy atom. The molecule has 0 bridgehead atoms. The minimum Gasteiger partial charge on any atom is -0.348 e. The minimum atomic E-state index is -0.0466. The third-order valence-corrected chi connectivity index (χ3v) is 5.32. The van der Waals surface area contributed by atoms with E-state index in [9.17, 15) is 4.79 Å². The van der Waals surface area contributed by atoms with E-state index in [-0.39, 0.29) is 18.3 Å². The highest BCUT2D eigenvalue weighted by Gasteiger charge is 2.19. The molecule has 0 radical (unpaired) electrons. The number of benzene rings is 2. The molecule has 1 heterocycles. The summed E-state index contributed by atoms with van der Waals surface area (Å²) < 4.78 is 0. The Hall–Kier alpha value is -1.88. The number of rotatable bonds is 6. The molecule has 5 heteroatoms. The van der Waals surface area contributed by atoms with Crippen LogP contribution in [0.3, 0.4) is 0 Å². The highest BCUT2D eigenvalue weighted by molar-refractivity contribution is 5.94. The first kappa shape index (κ1) is 21.4. The van der Waals surface area contributed by atoms with Crippen LogP contribution in [0, 0.1) is 0 Å². The Kier molecular flexibility index (Phi) is 8.29. The van der Waals surface area contributed by atoms with Crippen LogP contribution < -0.4 is 11.1 Å². The Balaban J connectivity index is 0.00000261. The summed E-state index contributed by atoms with van der Waals surface area (Å²) in [7, 11) is 0. The van der Waals surface area contributed by atoms with Crippen molar-refractivity contribution in [3.05, 3.63) is 70.8 Å². The maximum absolute atomic E-state index is 12.4. The van der Waals surface area contributed by atoms with Gasteiger partial charge >= 0.3 is 0 Å². The second kappa shape index (κ2) is 10.5. The first-order chi connectivity index (χ1) is 12.7. The Morgan fingerprint density at radius 3 is 2.48 bits per heavy atom. The van der Waals surface area contributed by atoms with Crippen LogP contribution in [-0.4, -0.2) is 23.4 Å². The van der Waals surface area contributed by atoms with Crippen molar-refractivity contribution in [3.63, 3.8) is 0 Å². The Morgan fingerprint density at radius 1 is 1.11 bits per heavy atom. The third-order valence-electron chi connectivity index (χ3n) is 5.32. The molecule has 3 N–H and O–H groups in total. The topological polar surface area (TPSA) is 58.4 Å². The zero-order valence-corrected chi connectivity index (χ0v) is 16.8. The van der Waals surface area contributed by atoms with E-state index < -0.39 is 0 Å². The van der Waals surface area contributed by atoms with Gasteiger partial charge in [-0.3, -0.25) is 9.69 Å².